The summed E-state index contributed by atoms with van der Waals surface area (Å²) in [5.74, 6) is -0.0351. The minimum atomic E-state index is -0.327. The number of hydrogen-bond donors (Lipinski definition) is 0. The molecule has 0 radical (unpaired) electrons. The lowest BCUT2D eigenvalue weighted by Crippen LogP contribution is -2.32. The topological polar surface area (TPSA) is 32.7 Å². The van der Waals surface area contributed by atoms with Crippen LogP contribution in [0, 0.1) is 12.7 Å². The maximum Gasteiger partial charge on any atom is 0.282 e. The van der Waals surface area contributed by atoms with E-state index in [2.05, 4.69) is 4.99 Å². The highest BCUT2D eigenvalue weighted by Crippen LogP contribution is 2.29. The van der Waals surface area contributed by atoms with E-state index in [0.29, 0.717) is 16.4 Å². The first kappa shape index (κ1) is 18.1. The third kappa shape index (κ3) is 3.59. The summed E-state index contributed by atoms with van der Waals surface area (Å²) in [6, 6.07) is 20.8. The van der Waals surface area contributed by atoms with Crippen LogP contribution in [0.1, 0.15) is 16.7 Å². The zero-order chi connectivity index (χ0) is 19.7. The number of anilines is 1. The fourth-order valence-electron chi connectivity index (χ4n) is 3.03. The number of amidine groups is 1. The third-order valence-electron chi connectivity index (χ3n) is 4.40. The molecule has 1 amide bonds. The van der Waals surface area contributed by atoms with Crippen molar-refractivity contribution in [3.8, 4) is 0 Å². The molecule has 3 aromatic rings. The lowest BCUT2D eigenvalue weighted by Gasteiger charge is -2.19. The Balaban J connectivity index is 1.82. The predicted octanol–water partition coefficient (Wildman–Crippen LogP) is 5.62. The van der Waals surface area contributed by atoms with Gasteiger partial charge in [0.25, 0.3) is 5.91 Å². The molecule has 1 aliphatic heterocycles. The fraction of sp³-hybridized carbons (Fsp3) is 0.0435. The van der Waals surface area contributed by atoms with Gasteiger partial charge < -0.3 is 0 Å². The molecule has 0 aromatic heterocycles. The van der Waals surface area contributed by atoms with Crippen LogP contribution in [0.3, 0.4) is 0 Å². The maximum absolute atomic E-state index is 13.2. The summed E-state index contributed by atoms with van der Waals surface area (Å²) in [6.45, 7) is 1.97. The van der Waals surface area contributed by atoms with E-state index in [-0.39, 0.29) is 17.4 Å². The predicted molar refractivity (Wildman–Crippen MR) is 111 cm³/mol. The van der Waals surface area contributed by atoms with Crippen LogP contribution in [-0.2, 0) is 4.79 Å². The number of carbonyl (C=O) groups excluding carboxylic acids is 1. The zero-order valence-corrected chi connectivity index (χ0v) is 15.8. The molecule has 0 N–H and O–H groups in total. The molecule has 138 valence electrons. The van der Waals surface area contributed by atoms with Gasteiger partial charge in [0, 0.05) is 10.6 Å². The monoisotopic (exact) mass is 390 g/mol. The Labute approximate surface area is 167 Å². The van der Waals surface area contributed by atoms with Crippen LogP contribution in [-0.4, -0.2) is 11.7 Å². The van der Waals surface area contributed by atoms with Crippen LogP contribution in [0.2, 0.25) is 5.02 Å². The highest BCUT2D eigenvalue weighted by atomic mass is 35.5. The Morgan fingerprint density at radius 2 is 1.71 bits per heavy atom. The van der Waals surface area contributed by atoms with Gasteiger partial charge in [-0.05, 0) is 72.7 Å². The van der Waals surface area contributed by atoms with Crippen molar-refractivity contribution in [1.29, 1.82) is 0 Å². The minimum Gasteiger partial charge on any atom is -0.266 e. The lowest BCUT2D eigenvalue weighted by atomic mass is 10.1. The van der Waals surface area contributed by atoms with Gasteiger partial charge in [0.2, 0.25) is 0 Å². The number of nitrogens with zero attached hydrogens (tertiary/aromatic N) is 2. The van der Waals surface area contributed by atoms with E-state index in [1.165, 1.54) is 12.1 Å². The number of rotatable bonds is 3. The summed E-state index contributed by atoms with van der Waals surface area (Å²) in [7, 11) is 0. The van der Waals surface area contributed by atoms with E-state index in [1.807, 2.05) is 43.3 Å². The second-order valence-electron chi connectivity index (χ2n) is 6.50. The van der Waals surface area contributed by atoms with Gasteiger partial charge in [0.1, 0.15) is 17.3 Å². The van der Waals surface area contributed by atoms with Crippen molar-refractivity contribution < 1.29 is 9.18 Å². The van der Waals surface area contributed by atoms with Crippen molar-refractivity contribution in [1.82, 2.24) is 0 Å². The molecule has 0 unspecified atom stereocenters. The van der Waals surface area contributed by atoms with Crippen LogP contribution in [0.5, 0.6) is 0 Å². The first-order valence-electron chi connectivity index (χ1n) is 8.74. The summed E-state index contributed by atoms with van der Waals surface area (Å²) >= 11 is 6.01. The van der Waals surface area contributed by atoms with E-state index in [9.17, 15) is 9.18 Å². The molecule has 0 spiro atoms. The summed E-state index contributed by atoms with van der Waals surface area (Å²) in [5.41, 5.74) is 3.55. The Morgan fingerprint density at radius 3 is 2.39 bits per heavy atom. The van der Waals surface area contributed by atoms with E-state index in [4.69, 9.17) is 11.6 Å². The first-order chi connectivity index (χ1) is 13.5. The summed E-state index contributed by atoms with van der Waals surface area (Å²) in [4.78, 5) is 19.4. The zero-order valence-electron chi connectivity index (χ0n) is 15.1. The van der Waals surface area contributed by atoms with Crippen LogP contribution >= 0.6 is 11.6 Å². The molecule has 0 saturated carbocycles. The highest BCUT2D eigenvalue weighted by Gasteiger charge is 2.32. The number of aliphatic imine (C=N–C) groups is 1. The molecule has 4 rings (SSSR count). The number of hydrogen-bond acceptors (Lipinski definition) is 2. The SMILES string of the molecule is Cc1cccc(N2C(=O)/C(=C\c3ccc(F)cc3)N=C2c2ccc(Cl)cc2)c1. The molecule has 1 aliphatic rings. The molecule has 3 nitrogen and oxygen atoms in total. The van der Waals surface area contributed by atoms with Crippen molar-refractivity contribution in [2.24, 2.45) is 4.99 Å². The van der Waals surface area contributed by atoms with Crippen LogP contribution in [0.25, 0.3) is 6.08 Å². The highest BCUT2D eigenvalue weighted by molar-refractivity contribution is 6.34. The Hall–Kier alpha value is -3.24. The van der Waals surface area contributed by atoms with Crippen molar-refractivity contribution in [3.05, 3.63) is 106 Å². The standard InChI is InChI=1S/C23H16ClFN2O/c1-15-3-2-4-20(13-15)27-22(17-7-9-18(24)10-8-17)26-21(23(27)28)14-16-5-11-19(25)12-6-16/h2-14H,1H3/b21-14+. The Morgan fingerprint density at radius 1 is 1.00 bits per heavy atom. The van der Waals surface area contributed by atoms with Gasteiger partial charge >= 0.3 is 0 Å². The average Bonchev–Trinajstić information content (AvgIpc) is 3.00. The van der Waals surface area contributed by atoms with E-state index < -0.39 is 0 Å². The maximum atomic E-state index is 13.2. The number of benzene rings is 3. The summed E-state index contributed by atoms with van der Waals surface area (Å²) in [6.07, 6.45) is 1.66. The molecule has 0 bridgehead atoms. The second-order valence-corrected chi connectivity index (χ2v) is 6.94. The average molecular weight is 391 g/mol. The number of halogens is 2. The molecule has 0 fully saturated rings. The summed E-state index contributed by atoms with van der Waals surface area (Å²) < 4.78 is 13.2. The van der Waals surface area contributed by atoms with Crippen molar-refractivity contribution >= 4 is 35.1 Å². The second kappa shape index (κ2) is 7.41. The van der Waals surface area contributed by atoms with E-state index in [1.54, 1.807) is 35.2 Å². The number of carbonyl (C=O) groups is 1. The van der Waals surface area contributed by atoms with Gasteiger partial charge in [0.15, 0.2) is 0 Å². The molecule has 1 heterocycles. The van der Waals surface area contributed by atoms with Crippen LogP contribution in [0.15, 0.2) is 83.5 Å². The van der Waals surface area contributed by atoms with Gasteiger partial charge in [0.05, 0.1) is 5.69 Å². The number of aryl methyl sites for hydroxylation is 1. The molecule has 3 aromatic carbocycles. The Kier molecular flexibility index (Phi) is 4.80. The molecular formula is C23H16ClFN2O. The first-order valence-corrected chi connectivity index (χ1v) is 9.12. The van der Waals surface area contributed by atoms with E-state index in [0.717, 1.165) is 16.8 Å². The minimum absolute atomic E-state index is 0.236. The molecule has 28 heavy (non-hydrogen) atoms. The quantitative estimate of drug-likeness (QED) is 0.534. The lowest BCUT2D eigenvalue weighted by molar-refractivity contribution is -0.113. The van der Waals surface area contributed by atoms with Gasteiger partial charge in [-0.15, -0.1) is 0 Å². The summed E-state index contributed by atoms with van der Waals surface area (Å²) in [5, 5.41) is 0.609. The molecule has 0 aliphatic carbocycles. The van der Waals surface area contributed by atoms with Gasteiger partial charge in [-0.1, -0.05) is 35.9 Å². The van der Waals surface area contributed by atoms with Gasteiger partial charge in [-0.25, -0.2) is 9.38 Å². The van der Waals surface area contributed by atoms with E-state index >= 15 is 0 Å². The van der Waals surface area contributed by atoms with Crippen molar-refractivity contribution in [3.63, 3.8) is 0 Å². The molecular weight excluding hydrogens is 375 g/mol. The van der Waals surface area contributed by atoms with Gasteiger partial charge in [-0.3, -0.25) is 9.69 Å². The molecule has 0 atom stereocenters. The van der Waals surface area contributed by atoms with Crippen LogP contribution < -0.4 is 4.90 Å². The largest absolute Gasteiger partial charge is 0.282 e. The van der Waals surface area contributed by atoms with Crippen molar-refractivity contribution in [2.75, 3.05) is 4.90 Å². The normalized spacial score (nSPS) is 15.2. The van der Waals surface area contributed by atoms with Crippen LogP contribution in [0.4, 0.5) is 10.1 Å². The van der Waals surface area contributed by atoms with Crippen molar-refractivity contribution in [2.45, 2.75) is 6.92 Å². The fourth-order valence-corrected chi connectivity index (χ4v) is 3.16. The smallest absolute Gasteiger partial charge is 0.266 e. The molecule has 5 heteroatoms. The molecule has 0 saturated heterocycles. The third-order valence-corrected chi connectivity index (χ3v) is 4.65. The Bertz CT molecular complexity index is 1100. The van der Waals surface area contributed by atoms with Gasteiger partial charge in [-0.2, -0.15) is 0 Å². The number of amides is 1.